The highest BCUT2D eigenvalue weighted by Gasteiger charge is 2.27. The zero-order valence-electron chi connectivity index (χ0n) is 13.4. The average Bonchev–Trinajstić information content (AvgIpc) is 2.53. The fraction of sp³-hybridized carbons (Fsp3) is 0.562. The number of piperazine rings is 1. The number of ether oxygens (including phenoxy) is 1. The third-order valence-corrected chi connectivity index (χ3v) is 3.82. The fourth-order valence-electron chi connectivity index (χ4n) is 2.61. The van der Waals surface area contributed by atoms with Crippen LogP contribution in [0.15, 0.2) is 24.3 Å². The topological polar surface area (TPSA) is 58.8 Å². The van der Waals surface area contributed by atoms with Crippen LogP contribution in [0, 0.1) is 0 Å². The third kappa shape index (κ3) is 6.01. The molecule has 1 aromatic carbocycles. The summed E-state index contributed by atoms with van der Waals surface area (Å²) in [5.41, 5.74) is 6.82. The van der Waals surface area contributed by atoms with Gasteiger partial charge in [0, 0.05) is 50.6 Å². The number of nitrogens with zero attached hydrogens (tertiary/aromatic N) is 2. The lowest BCUT2D eigenvalue weighted by Gasteiger charge is -2.34. The Morgan fingerprint density at radius 1 is 1.21 bits per heavy atom. The van der Waals surface area contributed by atoms with E-state index in [1.54, 1.807) is 29.2 Å². The molecular formula is C16H22F3N3O2. The molecule has 2 rings (SSSR count). The molecule has 1 aromatic rings. The van der Waals surface area contributed by atoms with Gasteiger partial charge in [0.1, 0.15) is 6.61 Å². The Balaban J connectivity index is 1.67. The summed E-state index contributed by atoms with van der Waals surface area (Å²) in [5, 5.41) is 0. The van der Waals surface area contributed by atoms with Crippen molar-refractivity contribution < 1.29 is 22.7 Å². The Morgan fingerprint density at radius 3 is 2.54 bits per heavy atom. The van der Waals surface area contributed by atoms with Crippen LogP contribution in [0.5, 0.6) is 0 Å². The van der Waals surface area contributed by atoms with Gasteiger partial charge in [0.2, 0.25) is 0 Å². The second-order valence-electron chi connectivity index (χ2n) is 5.78. The predicted molar refractivity (Wildman–Crippen MR) is 84.7 cm³/mol. The summed E-state index contributed by atoms with van der Waals surface area (Å²) >= 11 is 0. The molecule has 134 valence electrons. The van der Waals surface area contributed by atoms with E-state index in [9.17, 15) is 18.0 Å². The van der Waals surface area contributed by atoms with Crippen molar-refractivity contribution >= 4 is 11.6 Å². The van der Waals surface area contributed by atoms with Crippen molar-refractivity contribution in [2.24, 2.45) is 0 Å². The molecule has 1 amide bonds. The largest absolute Gasteiger partial charge is 0.411 e. The first-order valence-corrected chi connectivity index (χ1v) is 7.87. The molecule has 0 bridgehead atoms. The number of anilines is 1. The van der Waals surface area contributed by atoms with E-state index in [4.69, 9.17) is 5.73 Å². The maximum atomic E-state index is 12.4. The Morgan fingerprint density at radius 2 is 1.92 bits per heavy atom. The molecular weight excluding hydrogens is 323 g/mol. The predicted octanol–water partition coefficient (Wildman–Crippen LogP) is 2.00. The first-order valence-electron chi connectivity index (χ1n) is 7.87. The minimum atomic E-state index is -4.27. The van der Waals surface area contributed by atoms with E-state index in [0.717, 1.165) is 0 Å². The van der Waals surface area contributed by atoms with E-state index >= 15 is 0 Å². The molecule has 2 N–H and O–H groups in total. The van der Waals surface area contributed by atoms with Crippen molar-refractivity contribution in [3.63, 3.8) is 0 Å². The van der Waals surface area contributed by atoms with Gasteiger partial charge in [-0.25, -0.2) is 0 Å². The molecule has 1 aliphatic heterocycles. The van der Waals surface area contributed by atoms with Gasteiger partial charge in [0.15, 0.2) is 0 Å². The van der Waals surface area contributed by atoms with Crippen LogP contribution in [0.1, 0.15) is 16.8 Å². The smallest absolute Gasteiger partial charge is 0.399 e. The van der Waals surface area contributed by atoms with Crippen LogP contribution in [-0.4, -0.2) is 67.8 Å². The van der Waals surface area contributed by atoms with Crippen molar-refractivity contribution in [1.29, 1.82) is 0 Å². The van der Waals surface area contributed by atoms with Crippen LogP contribution in [-0.2, 0) is 4.74 Å². The number of carbonyl (C=O) groups is 1. The van der Waals surface area contributed by atoms with Crippen LogP contribution in [0.2, 0.25) is 0 Å². The molecule has 1 heterocycles. The number of hydrogen-bond acceptors (Lipinski definition) is 4. The molecule has 1 saturated heterocycles. The van der Waals surface area contributed by atoms with Crippen LogP contribution < -0.4 is 5.73 Å². The van der Waals surface area contributed by atoms with Gasteiger partial charge in [0.05, 0.1) is 0 Å². The molecule has 8 heteroatoms. The van der Waals surface area contributed by atoms with Gasteiger partial charge in [-0.1, -0.05) is 6.07 Å². The SMILES string of the molecule is Nc1cccc(C(=O)N2CCN(CCCOCC(F)(F)F)CC2)c1. The molecule has 5 nitrogen and oxygen atoms in total. The lowest BCUT2D eigenvalue weighted by atomic mass is 10.1. The quantitative estimate of drug-likeness (QED) is 0.633. The monoisotopic (exact) mass is 345 g/mol. The second kappa shape index (κ2) is 8.34. The van der Waals surface area contributed by atoms with Gasteiger partial charge < -0.3 is 15.4 Å². The Hall–Kier alpha value is -1.80. The highest BCUT2D eigenvalue weighted by atomic mass is 19.4. The van der Waals surface area contributed by atoms with Crippen LogP contribution in [0.25, 0.3) is 0 Å². The van der Waals surface area contributed by atoms with Gasteiger partial charge in [-0.2, -0.15) is 13.2 Å². The highest BCUT2D eigenvalue weighted by molar-refractivity contribution is 5.95. The number of halogens is 3. The average molecular weight is 345 g/mol. The number of rotatable bonds is 6. The minimum Gasteiger partial charge on any atom is -0.399 e. The zero-order chi connectivity index (χ0) is 17.6. The molecule has 0 radical (unpaired) electrons. The first kappa shape index (κ1) is 18.5. The molecule has 0 aromatic heterocycles. The number of alkyl halides is 3. The Labute approximate surface area is 139 Å². The van der Waals surface area contributed by atoms with E-state index in [-0.39, 0.29) is 12.5 Å². The van der Waals surface area contributed by atoms with E-state index in [0.29, 0.717) is 50.4 Å². The number of hydrogen-bond donors (Lipinski definition) is 1. The van der Waals surface area contributed by atoms with E-state index in [1.807, 2.05) is 0 Å². The lowest BCUT2D eigenvalue weighted by molar-refractivity contribution is -0.174. The van der Waals surface area contributed by atoms with E-state index < -0.39 is 12.8 Å². The number of carbonyl (C=O) groups excluding carboxylic acids is 1. The number of nitrogen functional groups attached to an aromatic ring is 1. The van der Waals surface area contributed by atoms with Crippen LogP contribution in [0.3, 0.4) is 0 Å². The highest BCUT2D eigenvalue weighted by Crippen LogP contribution is 2.15. The van der Waals surface area contributed by atoms with Crippen molar-refractivity contribution in [2.75, 3.05) is 51.7 Å². The molecule has 0 saturated carbocycles. The summed E-state index contributed by atoms with van der Waals surface area (Å²) in [4.78, 5) is 16.3. The van der Waals surface area contributed by atoms with E-state index in [2.05, 4.69) is 9.64 Å². The summed E-state index contributed by atoms with van der Waals surface area (Å²) in [6.45, 7) is 2.14. The van der Waals surface area contributed by atoms with Crippen molar-refractivity contribution in [3.05, 3.63) is 29.8 Å². The maximum Gasteiger partial charge on any atom is 0.411 e. The molecule has 0 spiro atoms. The van der Waals surface area contributed by atoms with Crippen molar-refractivity contribution in [3.8, 4) is 0 Å². The second-order valence-corrected chi connectivity index (χ2v) is 5.78. The number of nitrogens with two attached hydrogens (primary N) is 1. The Bertz CT molecular complexity index is 544. The maximum absolute atomic E-state index is 12.4. The van der Waals surface area contributed by atoms with Crippen molar-refractivity contribution in [2.45, 2.75) is 12.6 Å². The minimum absolute atomic E-state index is 0.0459. The van der Waals surface area contributed by atoms with Gasteiger partial charge in [-0.3, -0.25) is 9.69 Å². The van der Waals surface area contributed by atoms with Gasteiger partial charge in [-0.15, -0.1) is 0 Å². The molecule has 0 aliphatic carbocycles. The third-order valence-electron chi connectivity index (χ3n) is 3.82. The summed E-state index contributed by atoms with van der Waals surface area (Å²) < 4.78 is 40.4. The molecule has 1 aliphatic rings. The number of benzene rings is 1. The Kier molecular flexibility index (Phi) is 6.44. The summed E-state index contributed by atoms with van der Waals surface area (Å²) in [6.07, 6.45) is -3.73. The van der Waals surface area contributed by atoms with Gasteiger partial charge in [-0.05, 0) is 24.6 Å². The summed E-state index contributed by atoms with van der Waals surface area (Å²) in [7, 11) is 0. The van der Waals surface area contributed by atoms with Crippen LogP contribution in [0.4, 0.5) is 18.9 Å². The van der Waals surface area contributed by atoms with Crippen LogP contribution >= 0.6 is 0 Å². The van der Waals surface area contributed by atoms with Crippen molar-refractivity contribution in [1.82, 2.24) is 9.80 Å². The molecule has 1 fully saturated rings. The number of amides is 1. The standard InChI is InChI=1S/C16H22F3N3O2/c17-16(18,19)12-24-10-2-5-21-6-8-22(9-7-21)15(23)13-3-1-4-14(20)11-13/h1,3-4,11H,2,5-10,12,20H2. The van der Waals surface area contributed by atoms with Gasteiger partial charge >= 0.3 is 6.18 Å². The van der Waals surface area contributed by atoms with E-state index in [1.165, 1.54) is 0 Å². The lowest BCUT2D eigenvalue weighted by Crippen LogP contribution is -2.49. The first-order chi connectivity index (χ1) is 11.3. The summed E-state index contributed by atoms with van der Waals surface area (Å²) in [6, 6.07) is 6.88. The van der Waals surface area contributed by atoms with Gasteiger partial charge in [0.25, 0.3) is 5.91 Å². The molecule has 0 unspecified atom stereocenters. The zero-order valence-corrected chi connectivity index (χ0v) is 13.4. The molecule has 0 atom stereocenters. The normalized spacial score (nSPS) is 16.4. The summed E-state index contributed by atoms with van der Waals surface area (Å²) in [5.74, 6) is -0.0459. The fourth-order valence-corrected chi connectivity index (χ4v) is 2.61. The molecule has 24 heavy (non-hydrogen) atoms.